The first-order chi connectivity index (χ1) is 11.1. The number of carboxylic acid groups (broad SMARTS) is 1. The van der Waals surface area contributed by atoms with Crippen LogP contribution in [0.1, 0.15) is 15.9 Å². The van der Waals surface area contributed by atoms with Gasteiger partial charge >= 0.3 is 12.4 Å². The molecule has 1 N–H and O–H groups in total. The van der Waals surface area contributed by atoms with Gasteiger partial charge < -0.3 is 24.1 Å². The molecule has 0 heterocycles. The predicted octanol–water partition coefficient (Wildman–Crippen LogP) is 2.92. The smallest absolute Gasteiger partial charge is 0.335 e. The maximum Gasteiger partial charge on any atom is 0.335 e. The summed E-state index contributed by atoms with van der Waals surface area (Å²) in [6, 6.07) is 14.0. The second kappa shape index (κ2) is 8.17. The summed E-state index contributed by atoms with van der Waals surface area (Å²) >= 11 is 0. The molecule has 0 spiro atoms. The van der Waals surface area contributed by atoms with E-state index in [0.717, 1.165) is 5.56 Å². The van der Waals surface area contributed by atoms with Crippen molar-refractivity contribution in [3.63, 3.8) is 0 Å². The summed E-state index contributed by atoms with van der Waals surface area (Å²) in [5.74, 6) is -0.427. The third-order valence-corrected chi connectivity index (χ3v) is 3.04. The molecule has 23 heavy (non-hydrogen) atoms. The Morgan fingerprint density at radius 2 is 1.74 bits per heavy atom. The molecule has 6 heteroatoms. The van der Waals surface area contributed by atoms with Gasteiger partial charge in [-0.25, -0.2) is 4.79 Å². The zero-order chi connectivity index (χ0) is 16.7. The van der Waals surface area contributed by atoms with Crippen molar-refractivity contribution in [1.82, 2.24) is 0 Å². The van der Waals surface area contributed by atoms with Crippen molar-refractivity contribution < 1.29 is 28.8 Å². The van der Waals surface area contributed by atoms with Crippen molar-refractivity contribution in [2.75, 3.05) is 14.2 Å². The Hall–Kier alpha value is -2.57. The number of hydrogen-bond donors (Lipinski definition) is 1. The van der Waals surface area contributed by atoms with Crippen molar-refractivity contribution in [1.29, 1.82) is 0 Å². The highest BCUT2D eigenvalue weighted by Crippen LogP contribution is 2.30. The van der Waals surface area contributed by atoms with E-state index in [2.05, 4.69) is 0 Å². The Morgan fingerprint density at radius 1 is 1.04 bits per heavy atom. The quantitative estimate of drug-likeness (QED) is 0.754. The number of hydrogen-bond acceptors (Lipinski definition) is 5. The third kappa shape index (κ3) is 4.70. The molecule has 0 atom stereocenters. The van der Waals surface area contributed by atoms with Gasteiger partial charge in [0.2, 0.25) is 0 Å². The standard InChI is InChI=1S/C17H18O6/c1-20-17(21-2)23-15-10-13(16(18)19)8-9-14(15)22-11-12-6-4-3-5-7-12/h3-10,17H,11H2,1-2H3,(H,18,19). The van der Waals surface area contributed by atoms with Gasteiger partial charge in [-0.1, -0.05) is 30.3 Å². The lowest BCUT2D eigenvalue weighted by molar-refractivity contribution is -0.219. The molecule has 2 aromatic carbocycles. The van der Waals surface area contributed by atoms with Gasteiger partial charge in [-0.15, -0.1) is 0 Å². The van der Waals surface area contributed by atoms with Crippen LogP contribution in [0.4, 0.5) is 0 Å². The number of carboxylic acids is 1. The number of carbonyl (C=O) groups is 1. The molecule has 0 aliphatic heterocycles. The number of methoxy groups -OCH3 is 2. The van der Waals surface area contributed by atoms with Crippen LogP contribution in [0.5, 0.6) is 11.5 Å². The van der Waals surface area contributed by atoms with Crippen LogP contribution in [0, 0.1) is 0 Å². The van der Waals surface area contributed by atoms with Gasteiger partial charge in [0, 0.05) is 14.2 Å². The van der Waals surface area contributed by atoms with Crippen LogP contribution in [-0.2, 0) is 16.1 Å². The second-order valence-corrected chi connectivity index (χ2v) is 4.62. The van der Waals surface area contributed by atoms with Gasteiger partial charge in [0.05, 0.1) is 5.56 Å². The highest BCUT2D eigenvalue weighted by atomic mass is 16.8. The molecule has 6 nitrogen and oxygen atoms in total. The topological polar surface area (TPSA) is 74.2 Å². The number of aromatic carboxylic acids is 1. The molecular formula is C17H18O6. The summed E-state index contributed by atoms with van der Waals surface area (Å²) in [6.07, 6.45) is 0. The molecule has 0 amide bonds. The molecule has 0 saturated heterocycles. The van der Waals surface area contributed by atoms with Crippen LogP contribution >= 0.6 is 0 Å². The van der Waals surface area contributed by atoms with E-state index >= 15 is 0 Å². The van der Waals surface area contributed by atoms with Crippen LogP contribution in [0.2, 0.25) is 0 Å². The lowest BCUT2D eigenvalue weighted by Gasteiger charge is -2.18. The average Bonchev–Trinajstić information content (AvgIpc) is 2.59. The summed E-state index contributed by atoms with van der Waals surface area (Å²) in [6.45, 7) is -0.632. The van der Waals surface area contributed by atoms with E-state index in [1.54, 1.807) is 6.07 Å². The highest BCUT2D eigenvalue weighted by Gasteiger charge is 2.15. The minimum atomic E-state index is -1.06. The van der Waals surface area contributed by atoms with Crippen molar-refractivity contribution in [3.05, 3.63) is 59.7 Å². The van der Waals surface area contributed by atoms with Crippen molar-refractivity contribution in [3.8, 4) is 11.5 Å². The van der Waals surface area contributed by atoms with Gasteiger partial charge in [0.15, 0.2) is 11.5 Å². The van der Waals surface area contributed by atoms with Crippen LogP contribution in [0.15, 0.2) is 48.5 Å². The van der Waals surface area contributed by atoms with E-state index in [1.165, 1.54) is 26.4 Å². The van der Waals surface area contributed by atoms with Crippen LogP contribution in [0.3, 0.4) is 0 Å². The molecule has 0 aliphatic rings. The summed E-state index contributed by atoms with van der Waals surface area (Å²) in [7, 11) is 2.83. The molecule has 0 unspecified atom stereocenters. The molecule has 0 aliphatic carbocycles. The zero-order valence-corrected chi connectivity index (χ0v) is 12.9. The molecule has 2 aromatic rings. The Balaban J connectivity index is 2.20. The lowest BCUT2D eigenvalue weighted by Crippen LogP contribution is -2.21. The average molecular weight is 318 g/mol. The van der Waals surface area contributed by atoms with Crippen molar-refractivity contribution >= 4 is 5.97 Å². The third-order valence-electron chi connectivity index (χ3n) is 3.04. The molecule has 0 fully saturated rings. The Kier molecular flexibility index (Phi) is 5.96. The largest absolute Gasteiger partial charge is 0.485 e. The van der Waals surface area contributed by atoms with Gasteiger partial charge in [-0.05, 0) is 23.8 Å². The predicted molar refractivity (Wildman–Crippen MR) is 82.6 cm³/mol. The van der Waals surface area contributed by atoms with E-state index in [0.29, 0.717) is 12.4 Å². The monoisotopic (exact) mass is 318 g/mol. The number of rotatable bonds is 8. The van der Waals surface area contributed by atoms with Crippen LogP contribution in [-0.4, -0.2) is 31.8 Å². The van der Waals surface area contributed by atoms with Crippen LogP contribution < -0.4 is 9.47 Å². The maximum atomic E-state index is 11.1. The van der Waals surface area contributed by atoms with E-state index in [1.807, 2.05) is 30.3 Å². The summed E-state index contributed by atoms with van der Waals surface area (Å²) in [5, 5.41) is 9.10. The summed E-state index contributed by atoms with van der Waals surface area (Å²) in [4.78, 5) is 11.1. The van der Waals surface area contributed by atoms with Crippen molar-refractivity contribution in [2.45, 2.75) is 13.1 Å². The molecule has 0 saturated carbocycles. The molecule has 0 bridgehead atoms. The Morgan fingerprint density at radius 3 is 2.35 bits per heavy atom. The zero-order valence-electron chi connectivity index (χ0n) is 12.9. The van der Waals surface area contributed by atoms with Gasteiger partial charge in [-0.2, -0.15) is 0 Å². The van der Waals surface area contributed by atoms with Gasteiger partial charge in [0.25, 0.3) is 0 Å². The Bertz CT molecular complexity index is 637. The fourth-order valence-electron chi connectivity index (χ4n) is 1.88. The number of benzene rings is 2. The second-order valence-electron chi connectivity index (χ2n) is 4.62. The first-order valence-electron chi connectivity index (χ1n) is 6.90. The molecule has 2 rings (SSSR count). The first kappa shape index (κ1) is 16.8. The molecule has 0 aromatic heterocycles. The normalized spacial score (nSPS) is 10.6. The van der Waals surface area contributed by atoms with E-state index in [4.69, 9.17) is 24.1 Å². The summed E-state index contributed by atoms with van der Waals surface area (Å²) in [5.41, 5.74) is 1.06. The molecular weight excluding hydrogens is 300 g/mol. The lowest BCUT2D eigenvalue weighted by atomic mass is 10.2. The fraction of sp³-hybridized carbons (Fsp3) is 0.235. The maximum absolute atomic E-state index is 11.1. The first-order valence-corrected chi connectivity index (χ1v) is 6.90. The van der Waals surface area contributed by atoms with E-state index < -0.39 is 12.4 Å². The van der Waals surface area contributed by atoms with Gasteiger partial charge in [-0.3, -0.25) is 0 Å². The van der Waals surface area contributed by atoms with Crippen LogP contribution in [0.25, 0.3) is 0 Å². The number of ether oxygens (including phenoxy) is 4. The van der Waals surface area contributed by atoms with E-state index in [9.17, 15) is 4.79 Å². The summed E-state index contributed by atoms with van der Waals surface area (Å²) < 4.78 is 21.2. The van der Waals surface area contributed by atoms with Gasteiger partial charge in [0.1, 0.15) is 6.61 Å². The SMILES string of the molecule is COC(OC)Oc1cc(C(=O)O)ccc1OCc1ccccc1. The fourth-order valence-corrected chi connectivity index (χ4v) is 1.88. The van der Waals surface area contributed by atoms with E-state index in [-0.39, 0.29) is 11.3 Å². The highest BCUT2D eigenvalue weighted by molar-refractivity contribution is 5.88. The Labute approximate surface area is 134 Å². The molecule has 0 radical (unpaired) electrons. The minimum Gasteiger partial charge on any atom is -0.485 e. The molecule has 122 valence electrons. The minimum absolute atomic E-state index is 0.0815. The van der Waals surface area contributed by atoms with Crippen molar-refractivity contribution in [2.24, 2.45) is 0 Å².